The molecule has 3 rings (SSSR count). The zero-order chi connectivity index (χ0) is 14.8. The molecule has 21 heavy (non-hydrogen) atoms. The molecule has 1 atom stereocenters. The molecule has 106 valence electrons. The van der Waals surface area contributed by atoms with Crippen LogP contribution in [0.3, 0.4) is 0 Å². The van der Waals surface area contributed by atoms with Crippen LogP contribution < -0.4 is 0 Å². The first-order chi connectivity index (χ1) is 10.1. The van der Waals surface area contributed by atoms with Crippen LogP contribution in [0.25, 0.3) is 10.8 Å². The maximum absolute atomic E-state index is 6.23. The molecule has 0 aliphatic heterocycles. The Kier molecular flexibility index (Phi) is 4.87. The van der Waals surface area contributed by atoms with Crippen LogP contribution in [-0.4, -0.2) is 0 Å². The van der Waals surface area contributed by atoms with Crippen molar-refractivity contribution in [2.24, 2.45) is 0 Å². The van der Waals surface area contributed by atoms with E-state index in [1.807, 2.05) is 6.07 Å². The Hall–Kier alpha value is -0.580. The van der Waals surface area contributed by atoms with E-state index in [0.717, 1.165) is 15.0 Å². The summed E-state index contributed by atoms with van der Waals surface area (Å²) >= 11 is 12.3. The number of alkyl halides is 1. The maximum Gasteiger partial charge on any atom is 0.0542 e. The molecule has 0 aliphatic carbocycles. The van der Waals surface area contributed by atoms with E-state index in [9.17, 15) is 0 Å². The summed E-state index contributed by atoms with van der Waals surface area (Å²) < 4.78 is 1.09. The van der Waals surface area contributed by atoms with E-state index in [1.165, 1.54) is 21.9 Å². The smallest absolute Gasteiger partial charge is 0.0542 e. The second-order valence-corrected chi connectivity index (χ2v) is 7.66. The minimum Gasteiger partial charge on any atom is -0.0835 e. The third kappa shape index (κ3) is 3.43. The number of fused-ring (bicyclic) bond motifs is 1. The van der Waals surface area contributed by atoms with Gasteiger partial charge in [-0.05, 0) is 63.0 Å². The van der Waals surface area contributed by atoms with Gasteiger partial charge in [0.2, 0.25) is 0 Å². The van der Waals surface area contributed by atoms with Crippen molar-refractivity contribution in [1.82, 2.24) is 0 Å². The van der Waals surface area contributed by atoms with Crippen LogP contribution in [0.2, 0.25) is 5.02 Å². The monoisotopic (exact) mass is 470 g/mol. The van der Waals surface area contributed by atoms with Gasteiger partial charge in [-0.1, -0.05) is 76.1 Å². The molecule has 3 heteroatoms. The molecule has 3 aromatic carbocycles. The van der Waals surface area contributed by atoms with Crippen molar-refractivity contribution in [1.29, 1.82) is 0 Å². The van der Waals surface area contributed by atoms with Crippen LogP contribution in [0.15, 0.2) is 60.7 Å². The summed E-state index contributed by atoms with van der Waals surface area (Å²) in [5.74, 6) is 0. The summed E-state index contributed by atoms with van der Waals surface area (Å²) in [5.41, 5.74) is 2.57. The quantitative estimate of drug-likeness (QED) is 0.292. The minimum atomic E-state index is 0.262. The molecule has 0 saturated heterocycles. The first kappa shape index (κ1) is 15.3. The number of halogens is 3. The van der Waals surface area contributed by atoms with Crippen LogP contribution >= 0.6 is 50.1 Å². The Balaban J connectivity index is 1.92. The molecule has 0 heterocycles. The Morgan fingerprint density at radius 3 is 2.57 bits per heavy atom. The molecule has 0 N–H and O–H groups in total. The topological polar surface area (TPSA) is 0 Å². The van der Waals surface area contributed by atoms with E-state index in [4.69, 9.17) is 11.6 Å². The van der Waals surface area contributed by atoms with Gasteiger partial charge in [0.1, 0.15) is 0 Å². The van der Waals surface area contributed by atoms with Crippen molar-refractivity contribution in [3.8, 4) is 0 Å². The van der Waals surface area contributed by atoms with Crippen LogP contribution in [-0.2, 0) is 6.42 Å². The molecule has 0 saturated carbocycles. The van der Waals surface area contributed by atoms with E-state index >= 15 is 0 Å². The first-order valence-corrected chi connectivity index (χ1v) is 9.08. The molecule has 0 fully saturated rings. The van der Waals surface area contributed by atoms with Crippen molar-refractivity contribution >= 4 is 60.9 Å². The van der Waals surface area contributed by atoms with Crippen molar-refractivity contribution in [3.05, 3.63) is 80.4 Å². The fourth-order valence-electron chi connectivity index (χ4n) is 2.49. The molecule has 0 aliphatic rings. The average Bonchev–Trinajstić information content (AvgIpc) is 2.50. The summed E-state index contributed by atoms with van der Waals surface area (Å²) in [7, 11) is 0. The highest BCUT2D eigenvalue weighted by atomic mass is 127. The molecule has 1 unspecified atom stereocenters. The molecule has 0 spiro atoms. The highest BCUT2D eigenvalue weighted by molar-refractivity contribution is 14.1. The second-order valence-electron chi connectivity index (χ2n) is 4.98. The molecular weight excluding hydrogens is 458 g/mol. The van der Waals surface area contributed by atoms with Gasteiger partial charge in [-0.2, -0.15) is 0 Å². The van der Waals surface area contributed by atoms with Gasteiger partial charge >= 0.3 is 0 Å². The third-order valence-electron chi connectivity index (χ3n) is 3.58. The molecule has 3 aromatic rings. The van der Waals surface area contributed by atoms with Gasteiger partial charge in [-0.3, -0.25) is 0 Å². The van der Waals surface area contributed by atoms with Crippen LogP contribution in [0, 0.1) is 3.57 Å². The lowest BCUT2D eigenvalue weighted by molar-refractivity contribution is 0.957. The Labute approximate surface area is 151 Å². The number of rotatable bonds is 3. The van der Waals surface area contributed by atoms with E-state index in [0.29, 0.717) is 0 Å². The largest absolute Gasteiger partial charge is 0.0835 e. The molecule has 0 bridgehead atoms. The lowest BCUT2D eigenvalue weighted by Crippen LogP contribution is -1.97. The van der Waals surface area contributed by atoms with E-state index in [-0.39, 0.29) is 4.83 Å². The first-order valence-electron chi connectivity index (χ1n) is 6.71. The summed E-state index contributed by atoms with van der Waals surface area (Å²) in [6.45, 7) is 0. The summed E-state index contributed by atoms with van der Waals surface area (Å²) in [4.78, 5) is 0.262. The van der Waals surface area contributed by atoms with Crippen molar-refractivity contribution < 1.29 is 0 Å². The summed E-state index contributed by atoms with van der Waals surface area (Å²) in [5, 5.41) is 3.42. The fourth-order valence-corrected chi connectivity index (χ4v) is 3.65. The third-order valence-corrected chi connectivity index (χ3v) is 6.01. The molecule has 0 aromatic heterocycles. The van der Waals surface area contributed by atoms with Gasteiger partial charge < -0.3 is 0 Å². The van der Waals surface area contributed by atoms with Crippen LogP contribution in [0.1, 0.15) is 16.0 Å². The predicted molar refractivity (Wildman–Crippen MR) is 103 cm³/mol. The summed E-state index contributed by atoms with van der Waals surface area (Å²) in [6, 6.07) is 21.2. The Bertz CT molecular complexity index is 780. The molecular formula is C18H13BrClI. The standard InChI is InChI=1S/C18H13BrClI/c19-16(14-8-9-18(21)17(20)11-14)10-13-6-3-5-12-4-1-2-7-15(12)13/h1-9,11,16H,10H2. The maximum atomic E-state index is 6.23. The van der Waals surface area contributed by atoms with Crippen molar-refractivity contribution in [2.75, 3.05) is 0 Å². The van der Waals surface area contributed by atoms with Gasteiger partial charge in [0.15, 0.2) is 0 Å². The normalized spacial score (nSPS) is 12.5. The number of hydrogen-bond acceptors (Lipinski definition) is 0. The highest BCUT2D eigenvalue weighted by Crippen LogP contribution is 2.32. The van der Waals surface area contributed by atoms with E-state index in [1.54, 1.807) is 0 Å². The van der Waals surface area contributed by atoms with Gasteiger partial charge in [-0.15, -0.1) is 0 Å². The van der Waals surface area contributed by atoms with Crippen LogP contribution in [0.5, 0.6) is 0 Å². The fraction of sp³-hybridized carbons (Fsp3) is 0.111. The second kappa shape index (κ2) is 6.67. The zero-order valence-electron chi connectivity index (χ0n) is 11.2. The van der Waals surface area contributed by atoms with Gasteiger partial charge in [-0.25, -0.2) is 0 Å². The number of benzene rings is 3. The zero-order valence-corrected chi connectivity index (χ0v) is 15.7. The predicted octanol–water partition coefficient (Wildman–Crippen LogP) is 6.78. The minimum absolute atomic E-state index is 0.262. The van der Waals surface area contributed by atoms with Gasteiger partial charge in [0.25, 0.3) is 0 Å². The van der Waals surface area contributed by atoms with Crippen molar-refractivity contribution in [3.63, 3.8) is 0 Å². The average molecular weight is 472 g/mol. The SMILES string of the molecule is Clc1cc(C(Br)Cc2cccc3ccccc23)ccc1I. The highest BCUT2D eigenvalue weighted by Gasteiger charge is 2.12. The lowest BCUT2D eigenvalue weighted by Gasteiger charge is -2.13. The Morgan fingerprint density at radius 2 is 1.76 bits per heavy atom. The molecule has 0 nitrogen and oxygen atoms in total. The molecule has 0 radical (unpaired) electrons. The van der Waals surface area contributed by atoms with Gasteiger partial charge in [0, 0.05) is 8.40 Å². The van der Waals surface area contributed by atoms with Crippen molar-refractivity contribution in [2.45, 2.75) is 11.2 Å². The van der Waals surface area contributed by atoms with Crippen LogP contribution in [0.4, 0.5) is 0 Å². The van der Waals surface area contributed by atoms with E-state index < -0.39 is 0 Å². The summed E-state index contributed by atoms with van der Waals surface area (Å²) in [6.07, 6.45) is 0.943. The van der Waals surface area contributed by atoms with Gasteiger partial charge in [0.05, 0.1) is 5.02 Å². The number of hydrogen-bond donors (Lipinski definition) is 0. The molecule has 0 amide bonds. The van der Waals surface area contributed by atoms with E-state index in [2.05, 4.69) is 93.1 Å². The lowest BCUT2D eigenvalue weighted by atomic mass is 9.98. The Morgan fingerprint density at radius 1 is 1.00 bits per heavy atom.